The van der Waals surface area contributed by atoms with E-state index in [0.717, 1.165) is 10.4 Å². The van der Waals surface area contributed by atoms with Crippen molar-refractivity contribution in [3.05, 3.63) is 46.4 Å². The summed E-state index contributed by atoms with van der Waals surface area (Å²) in [6.45, 7) is 0.591. The van der Waals surface area contributed by atoms with Crippen molar-refractivity contribution >= 4 is 17.2 Å². The number of carbonyl (C=O) groups excluding carboxylic acids is 1. The van der Waals surface area contributed by atoms with E-state index in [2.05, 4.69) is 10.3 Å². The van der Waals surface area contributed by atoms with E-state index in [4.69, 9.17) is 0 Å². The number of H-pyrrole nitrogens is 1. The number of amides is 1. The zero-order chi connectivity index (χ0) is 10.5. The van der Waals surface area contributed by atoms with Crippen molar-refractivity contribution in [2.45, 2.75) is 13.0 Å². The lowest BCUT2D eigenvalue weighted by Crippen LogP contribution is -2.23. The number of aromatic nitrogens is 1. The molecule has 4 heteroatoms. The second kappa shape index (κ2) is 4.79. The van der Waals surface area contributed by atoms with Crippen LogP contribution in [-0.4, -0.2) is 10.9 Å². The predicted octanol–water partition coefficient (Wildman–Crippen LogP) is 1.94. The van der Waals surface area contributed by atoms with Crippen LogP contribution in [0.5, 0.6) is 0 Å². The molecule has 2 N–H and O–H groups in total. The number of carbonyl (C=O) groups is 1. The van der Waals surface area contributed by atoms with Crippen LogP contribution < -0.4 is 5.32 Å². The van der Waals surface area contributed by atoms with Crippen LogP contribution >= 0.6 is 11.3 Å². The fourth-order valence-corrected chi connectivity index (χ4v) is 2.01. The Bertz CT molecular complexity index is 406. The first kappa shape index (κ1) is 9.98. The van der Waals surface area contributed by atoms with Gasteiger partial charge < -0.3 is 10.3 Å². The molecule has 0 aliphatic rings. The van der Waals surface area contributed by atoms with E-state index in [0.29, 0.717) is 13.0 Å². The Kier molecular flexibility index (Phi) is 3.19. The van der Waals surface area contributed by atoms with Gasteiger partial charge in [0.2, 0.25) is 5.91 Å². The summed E-state index contributed by atoms with van der Waals surface area (Å²) in [5, 5.41) is 4.85. The van der Waals surface area contributed by atoms with Crippen LogP contribution in [0.25, 0.3) is 0 Å². The molecule has 2 heterocycles. The quantitative estimate of drug-likeness (QED) is 0.812. The number of thiophene rings is 1. The predicted molar refractivity (Wildman–Crippen MR) is 60.7 cm³/mol. The van der Waals surface area contributed by atoms with Crippen LogP contribution in [0, 0.1) is 0 Å². The summed E-state index contributed by atoms with van der Waals surface area (Å²) < 4.78 is 0. The molecular weight excluding hydrogens is 208 g/mol. The average molecular weight is 220 g/mol. The molecule has 0 aliphatic heterocycles. The highest BCUT2D eigenvalue weighted by atomic mass is 32.1. The Morgan fingerprint density at radius 2 is 2.40 bits per heavy atom. The van der Waals surface area contributed by atoms with Gasteiger partial charge in [0, 0.05) is 23.8 Å². The lowest BCUT2D eigenvalue weighted by atomic mass is 10.3. The van der Waals surface area contributed by atoms with Crippen LogP contribution in [0.1, 0.15) is 10.4 Å². The van der Waals surface area contributed by atoms with Gasteiger partial charge in [-0.25, -0.2) is 0 Å². The van der Waals surface area contributed by atoms with Crippen LogP contribution in [0.3, 0.4) is 0 Å². The van der Waals surface area contributed by atoms with Gasteiger partial charge in [-0.2, -0.15) is 0 Å². The number of aromatic amines is 1. The van der Waals surface area contributed by atoms with Crippen molar-refractivity contribution in [2.24, 2.45) is 0 Å². The van der Waals surface area contributed by atoms with E-state index >= 15 is 0 Å². The van der Waals surface area contributed by atoms with Gasteiger partial charge in [0.25, 0.3) is 0 Å². The minimum absolute atomic E-state index is 0.0682. The Morgan fingerprint density at radius 3 is 3.07 bits per heavy atom. The lowest BCUT2D eigenvalue weighted by molar-refractivity contribution is -0.120. The Labute approximate surface area is 92.1 Å². The van der Waals surface area contributed by atoms with Gasteiger partial charge in [0.15, 0.2) is 0 Å². The first-order chi connectivity index (χ1) is 7.34. The van der Waals surface area contributed by atoms with E-state index < -0.39 is 0 Å². The second-order valence-corrected chi connectivity index (χ2v) is 4.28. The summed E-state index contributed by atoms with van der Waals surface area (Å²) in [5.74, 6) is 0.0682. The molecule has 1 amide bonds. The molecule has 0 fully saturated rings. The third-order valence-electron chi connectivity index (χ3n) is 2.07. The third kappa shape index (κ3) is 2.95. The minimum Gasteiger partial charge on any atom is -0.367 e. The molecule has 0 saturated carbocycles. The van der Waals surface area contributed by atoms with Crippen LogP contribution in [0.15, 0.2) is 36.0 Å². The highest BCUT2D eigenvalue weighted by molar-refractivity contribution is 7.10. The van der Waals surface area contributed by atoms with Gasteiger partial charge >= 0.3 is 0 Å². The topological polar surface area (TPSA) is 44.9 Å². The van der Waals surface area contributed by atoms with E-state index in [1.54, 1.807) is 11.3 Å². The van der Waals surface area contributed by atoms with E-state index in [1.807, 2.05) is 36.0 Å². The number of hydrogen-bond donors (Lipinski definition) is 2. The Morgan fingerprint density at radius 1 is 1.47 bits per heavy atom. The molecule has 0 bridgehead atoms. The molecule has 0 saturated heterocycles. The monoisotopic (exact) mass is 220 g/mol. The Hall–Kier alpha value is -1.55. The molecule has 0 radical (unpaired) electrons. The molecule has 3 nitrogen and oxygen atoms in total. The van der Waals surface area contributed by atoms with Crippen molar-refractivity contribution in [2.75, 3.05) is 0 Å². The molecule has 78 valence electrons. The van der Waals surface area contributed by atoms with Gasteiger partial charge in [-0.1, -0.05) is 6.07 Å². The molecule has 0 spiro atoms. The molecule has 2 aromatic rings. The molecular formula is C11H12N2OS. The summed E-state index contributed by atoms with van der Waals surface area (Å²) in [5.41, 5.74) is 1.09. The zero-order valence-electron chi connectivity index (χ0n) is 8.19. The highest BCUT2D eigenvalue weighted by Crippen LogP contribution is 2.08. The molecule has 2 aromatic heterocycles. The lowest BCUT2D eigenvalue weighted by Gasteiger charge is -2.01. The second-order valence-electron chi connectivity index (χ2n) is 3.25. The van der Waals surface area contributed by atoms with Crippen molar-refractivity contribution in [3.8, 4) is 0 Å². The van der Waals surface area contributed by atoms with Crippen LogP contribution in [-0.2, 0) is 17.8 Å². The summed E-state index contributed by atoms with van der Waals surface area (Å²) in [6, 6.07) is 5.88. The minimum atomic E-state index is 0.0682. The molecule has 2 rings (SSSR count). The molecule has 0 unspecified atom stereocenters. The van der Waals surface area contributed by atoms with E-state index in [-0.39, 0.29) is 5.91 Å². The molecule has 0 atom stereocenters. The summed E-state index contributed by atoms with van der Waals surface area (Å²) >= 11 is 1.61. The van der Waals surface area contributed by atoms with Gasteiger partial charge in [-0.15, -0.1) is 11.3 Å². The van der Waals surface area contributed by atoms with Gasteiger partial charge in [0.05, 0.1) is 6.42 Å². The van der Waals surface area contributed by atoms with Crippen LogP contribution in [0.2, 0.25) is 0 Å². The number of rotatable bonds is 4. The highest BCUT2D eigenvalue weighted by Gasteiger charge is 2.03. The maximum absolute atomic E-state index is 11.5. The van der Waals surface area contributed by atoms with Crippen molar-refractivity contribution < 1.29 is 4.79 Å². The molecule has 0 aliphatic carbocycles. The van der Waals surface area contributed by atoms with Crippen molar-refractivity contribution in [3.63, 3.8) is 0 Å². The van der Waals surface area contributed by atoms with Crippen molar-refractivity contribution in [1.29, 1.82) is 0 Å². The number of nitrogens with one attached hydrogen (secondary N) is 2. The van der Waals surface area contributed by atoms with E-state index in [9.17, 15) is 4.79 Å². The Balaban J connectivity index is 1.78. The van der Waals surface area contributed by atoms with Gasteiger partial charge in [-0.05, 0) is 23.1 Å². The summed E-state index contributed by atoms with van der Waals surface area (Å²) in [7, 11) is 0. The largest absolute Gasteiger partial charge is 0.367 e. The summed E-state index contributed by atoms with van der Waals surface area (Å²) in [4.78, 5) is 15.5. The molecule has 15 heavy (non-hydrogen) atoms. The first-order valence-corrected chi connectivity index (χ1v) is 5.63. The summed E-state index contributed by atoms with van der Waals surface area (Å²) in [6.07, 6.45) is 4.20. The number of hydrogen-bond acceptors (Lipinski definition) is 2. The maximum atomic E-state index is 11.5. The van der Waals surface area contributed by atoms with Crippen LogP contribution in [0.4, 0.5) is 0 Å². The fourth-order valence-electron chi connectivity index (χ4n) is 1.30. The van der Waals surface area contributed by atoms with E-state index in [1.165, 1.54) is 0 Å². The van der Waals surface area contributed by atoms with Gasteiger partial charge in [-0.3, -0.25) is 4.79 Å². The molecule has 0 aromatic carbocycles. The standard InChI is InChI=1S/C11H12N2OS/c14-11(6-10-2-1-5-15-10)13-8-9-3-4-12-7-9/h1-5,7,12H,6,8H2,(H,13,14). The smallest absolute Gasteiger partial charge is 0.225 e. The van der Waals surface area contributed by atoms with Gasteiger partial charge in [0.1, 0.15) is 0 Å². The SMILES string of the molecule is O=C(Cc1cccs1)NCc1cc[nH]c1. The average Bonchev–Trinajstić information content (AvgIpc) is 2.86. The van der Waals surface area contributed by atoms with Crippen molar-refractivity contribution in [1.82, 2.24) is 10.3 Å². The fraction of sp³-hybridized carbons (Fsp3) is 0.182. The zero-order valence-corrected chi connectivity index (χ0v) is 9.01. The first-order valence-electron chi connectivity index (χ1n) is 4.75. The normalized spacial score (nSPS) is 10.1. The third-order valence-corrected chi connectivity index (χ3v) is 2.94. The maximum Gasteiger partial charge on any atom is 0.225 e.